The molecule has 2 N–H and O–H groups in total. The molecule has 0 aliphatic carbocycles. The van der Waals surface area contributed by atoms with Gasteiger partial charge in [-0.15, -0.1) is 0 Å². The fraction of sp³-hybridized carbons (Fsp3) is 0.900. The van der Waals surface area contributed by atoms with Gasteiger partial charge < -0.3 is 5.73 Å². The van der Waals surface area contributed by atoms with Crippen molar-refractivity contribution in [2.24, 2.45) is 5.73 Å². The number of hydrogen-bond donors (Lipinski definition) is 1. The maximum Gasteiger partial charge on any atom is 0.220 e. The van der Waals surface area contributed by atoms with Crippen molar-refractivity contribution >= 4 is 27.2 Å². The number of nitrogens with two attached hydrogens (primary N) is 1. The number of hydrogen-bond acceptors (Lipinski definition) is 4. The molecule has 1 atom stereocenters. The zero-order valence-corrected chi connectivity index (χ0v) is 11.5. The van der Waals surface area contributed by atoms with E-state index >= 15 is 0 Å². The van der Waals surface area contributed by atoms with Crippen LogP contribution in [0.25, 0.3) is 0 Å². The molecule has 2 heterocycles. The molecule has 0 amide bonds. The Morgan fingerprint density at radius 3 is 2.76 bits per heavy atom. The summed E-state index contributed by atoms with van der Waals surface area (Å²) in [6.45, 7) is 3.11. The van der Waals surface area contributed by atoms with Gasteiger partial charge in [0.1, 0.15) is 5.75 Å². The molecule has 0 radical (unpaired) electrons. The molecular formula is C10H19N3O2S2. The minimum absolute atomic E-state index is 0.0519. The fourth-order valence-corrected chi connectivity index (χ4v) is 4.40. The monoisotopic (exact) mass is 277 g/mol. The van der Waals surface area contributed by atoms with Crippen molar-refractivity contribution in [2.75, 3.05) is 31.9 Å². The Morgan fingerprint density at radius 1 is 1.29 bits per heavy atom. The van der Waals surface area contributed by atoms with E-state index < -0.39 is 10.0 Å². The number of nitrogens with zero attached hydrogens (tertiary/aromatic N) is 2. The number of piperidine rings is 1. The van der Waals surface area contributed by atoms with Crippen molar-refractivity contribution in [1.82, 2.24) is 9.21 Å². The highest BCUT2D eigenvalue weighted by Crippen LogP contribution is 2.22. The molecule has 0 aromatic rings. The van der Waals surface area contributed by atoms with Crippen molar-refractivity contribution in [1.29, 1.82) is 0 Å². The van der Waals surface area contributed by atoms with Crippen molar-refractivity contribution in [3.05, 3.63) is 0 Å². The average molecular weight is 277 g/mol. The highest BCUT2D eigenvalue weighted by Gasteiger charge is 2.34. The van der Waals surface area contributed by atoms with Crippen LogP contribution in [0.2, 0.25) is 0 Å². The molecule has 2 saturated heterocycles. The van der Waals surface area contributed by atoms with Crippen LogP contribution in [0, 0.1) is 0 Å². The van der Waals surface area contributed by atoms with Crippen LogP contribution in [-0.4, -0.2) is 60.6 Å². The highest BCUT2D eigenvalue weighted by molar-refractivity contribution is 7.92. The zero-order chi connectivity index (χ0) is 12.5. The predicted octanol–water partition coefficient (Wildman–Crippen LogP) is -0.228. The first-order valence-electron chi connectivity index (χ1n) is 5.99. The van der Waals surface area contributed by atoms with E-state index in [4.69, 9.17) is 5.73 Å². The largest absolute Gasteiger partial charge is 0.392 e. The van der Waals surface area contributed by atoms with Gasteiger partial charge in [0, 0.05) is 25.7 Å². The SMILES string of the molecule is NC(=S)CS(=O)(=O)N1CCN2CCCCC2C1. The van der Waals surface area contributed by atoms with E-state index in [-0.39, 0.29) is 10.7 Å². The van der Waals surface area contributed by atoms with Gasteiger partial charge in [-0.1, -0.05) is 18.6 Å². The molecule has 5 nitrogen and oxygen atoms in total. The van der Waals surface area contributed by atoms with Crippen molar-refractivity contribution in [3.63, 3.8) is 0 Å². The molecule has 98 valence electrons. The van der Waals surface area contributed by atoms with Gasteiger partial charge in [0.15, 0.2) is 0 Å². The maximum absolute atomic E-state index is 12.0. The Labute approximate surface area is 108 Å². The summed E-state index contributed by atoms with van der Waals surface area (Å²) >= 11 is 4.69. The van der Waals surface area contributed by atoms with E-state index in [2.05, 4.69) is 17.1 Å². The first-order chi connectivity index (χ1) is 7.99. The average Bonchev–Trinajstić information content (AvgIpc) is 2.26. The van der Waals surface area contributed by atoms with E-state index in [1.165, 1.54) is 12.8 Å². The number of fused-ring (bicyclic) bond motifs is 1. The minimum atomic E-state index is -3.29. The van der Waals surface area contributed by atoms with Crippen molar-refractivity contribution in [2.45, 2.75) is 25.3 Å². The quantitative estimate of drug-likeness (QED) is 0.722. The van der Waals surface area contributed by atoms with Gasteiger partial charge >= 0.3 is 0 Å². The summed E-state index contributed by atoms with van der Waals surface area (Å²) in [4.78, 5) is 2.45. The number of thiocarbonyl (C=S) groups is 1. The maximum atomic E-state index is 12.0. The predicted molar refractivity (Wildman–Crippen MR) is 71.4 cm³/mol. The van der Waals surface area contributed by atoms with Crippen molar-refractivity contribution < 1.29 is 8.42 Å². The molecule has 7 heteroatoms. The molecule has 0 saturated carbocycles. The second kappa shape index (κ2) is 5.17. The summed E-state index contributed by atoms with van der Waals surface area (Å²) < 4.78 is 25.6. The number of sulfonamides is 1. The van der Waals surface area contributed by atoms with E-state index in [1.807, 2.05) is 0 Å². The lowest BCUT2D eigenvalue weighted by atomic mass is 10.0. The standard InChI is InChI=1S/C10H19N3O2S2/c11-10(16)8-17(14,15)13-6-5-12-4-2-1-3-9(12)7-13/h9H,1-8H2,(H2,11,16). The highest BCUT2D eigenvalue weighted by atomic mass is 32.2. The second-order valence-corrected chi connectivity index (χ2v) is 7.26. The molecule has 17 heavy (non-hydrogen) atoms. The number of piperazine rings is 1. The van der Waals surface area contributed by atoms with E-state index in [0.29, 0.717) is 19.1 Å². The van der Waals surface area contributed by atoms with Crippen molar-refractivity contribution in [3.8, 4) is 0 Å². The molecule has 2 aliphatic heterocycles. The van der Waals surface area contributed by atoms with E-state index in [1.54, 1.807) is 4.31 Å². The Kier molecular flexibility index (Phi) is 4.02. The Morgan fingerprint density at radius 2 is 2.06 bits per heavy atom. The van der Waals surface area contributed by atoms with Gasteiger partial charge in [0.25, 0.3) is 0 Å². The summed E-state index contributed by atoms with van der Waals surface area (Å²) in [5.41, 5.74) is 5.33. The van der Waals surface area contributed by atoms with Crippen LogP contribution >= 0.6 is 12.2 Å². The Hall–Kier alpha value is -0.240. The molecule has 1 unspecified atom stereocenters. The summed E-state index contributed by atoms with van der Waals surface area (Å²) in [7, 11) is -3.29. The molecule has 2 fully saturated rings. The summed E-state index contributed by atoms with van der Waals surface area (Å²) in [5.74, 6) is -0.199. The first kappa shape index (κ1) is 13.2. The van der Waals surface area contributed by atoms with Gasteiger partial charge in [-0.25, -0.2) is 8.42 Å². The topological polar surface area (TPSA) is 66.6 Å². The lowest BCUT2D eigenvalue weighted by Crippen LogP contribution is -2.56. The molecular weight excluding hydrogens is 258 g/mol. The van der Waals surface area contributed by atoms with E-state index in [9.17, 15) is 8.42 Å². The summed E-state index contributed by atoms with van der Waals surface area (Å²) in [5, 5.41) is 0. The molecule has 0 aromatic carbocycles. The normalized spacial score (nSPS) is 27.6. The zero-order valence-electron chi connectivity index (χ0n) is 9.84. The smallest absolute Gasteiger partial charge is 0.220 e. The molecule has 0 spiro atoms. The van der Waals surface area contributed by atoms with Crippen LogP contribution in [-0.2, 0) is 10.0 Å². The third kappa shape index (κ3) is 3.15. The third-order valence-electron chi connectivity index (χ3n) is 3.52. The van der Waals surface area contributed by atoms with E-state index in [0.717, 1.165) is 19.5 Å². The number of rotatable bonds is 3. The lowest BCUT2D eigenvalue weighted by Gasteiger charge is -2.43. The Balaban J connectivity index is 2.02. The van der Waals surface area contributed by atoms with Gasteiger partial charge in [0.05, 0.1) is 4.99 Å². The van der Waals surface area contributed by atoms with Crippen LogP contribution in [0.4, 0.5) is 0 Å². The molecule has 2 aliphatic rings. The second-order valence-electron chi connectivity index (χ2n) is 4.77. The fourth-order valence-electron chi connectivity index (χ4n) is 2.65. The van der Waals surface area contributed by atoms with Gasteiger partial charge in [0.2, 0.25) is 10.0 Å². The summed E-state index contributed by atoms with van der Waals surface area (Å²) in [6.07, 6.45) is 3.53. The van der Waals surface area contributed by atoms with Gasteiger partial charge in [-0.05, 0) is 19.4 Å². The van der Waals surface area contributed by atoms with Crippen LogP contribution < -0.4 is 5.73 Å². The molecule has 0 aromatic heterocycles. The Bertz CT molecular complexity index is 396. The van der Waals surface area contributed by atoms with Crippen LogP contribution in [0.15, 0.2) is 0 Å². The summed E-state index contributed by atoms with van der Waals surface area (Å²) in [6, 6.07) is 0.388. The van der Waals surface area contributed by atoms with Crippen LogP contribution in [0.3, 0.4) is 0 Å². The van der Waals surface area contributed by atoms with Crippen LogP contribution in [0.1, 0.15) is 19.3 Å². The molecule has 0 bridgehead atoms. The van der Waals surface area contributed by atoms with Gasteiger partial charge in [-0.2, -0.15) is 4.31 Å². The molecule has 2 rings (SSSR count). The first-order valence-corrected chi connectivity index (χ1v) is 8.01. The van der Waals surface area contributed by atoms with Gasteiger partial charge in [-0.3, -0.25) is 4.90 Å². The van der Waals surface area contributed by atoms with Crippen LogP contribution in [0.5, 0.6) is 0 Å². The lowest BCUT2D eigenvalue weighted by molar-refractivity contribution is 0.0853. The third-order valence-corrected chi connectivity index (χ3v) is 5.64. The minimum Gasteiger partial charge on any atom is -0.392 e.